The number of rotatable bonds is 2. The van der Waals surface area contributed by atoms with Gasteiger partial charge in [0.15, 0.2) is 0 Å². The number of carbonyl (C=O) groups excluding carboxylic acids is 1. The van der Waals surface area contributed by atoms with Crippen LogP contribution in [0.25, 0.3) is 0 Å². The summed E-state index contributed by atoms with van der Waals surface area (Å²) in [7, 11) is 0. The van der Waals surface area contributed by atoms with Gasteiger partial charge in [-0.3, -0.25) is 9.59 Å². The summed E-state index contributed by atoms with van der Waals surface area (Å²) in [6.07, 6.45) is 5.85. The third kappa shape index (κ3) is 2.84. The maximum absolute atomic E-state index is 12.6. The molecule has 2 unspecified atom stereocenters. The number of hydrogen-bond acceptors (Lipinski definition) is 3. The summed E-state index contributed by atoms with van der Waals surface area (Å²) in [5, 5.41) is 9.18. The highest BCUT2D eigenvalue weighted by Crippen LogP contribution is 2.31. The Kier molecular flexibility index (Phi) is 4.02. The number of thiophene rings is 1. The number of fused-ring (bicyclic) bond motifs is 1. The molecule has 21 heavy (non-hydrogen) atoms. The monoisotopic (exact) mass is 307 g/mol. The van der Waals surface area contributed by atoms with Crippen LogP contribution in [0, 0.1) is 11.8 Å². The fourth-order valence-corrected chi connectivity index (χ4v) is 4.60. The van der Waals surface area contributed by atoms with Gasteiger partial charge in [-0.1, -0.05) is 13.3 Å². The van der Waals surface area contributed by atoms with Crippen molar-refractivity contribution in [1.29, 1.82) is 0 Å². The summed E-state index contributed by atoms with van der Waals surface area (Å²) in [4.78, 5) is 27.7. The van der Waals surface area contributed by atoms with Crippen molar-refractivity contribution >= 4 is 23.2 Å². The number of nitrogens with zero attached hydrogens (tertiary/aromatic N) is 1. The van der Waals surface area contributed by atoms with Crippen molar-refractivity contribution in [2.45, 2.75) is 39.0 Å². The Labute approximate surface area is 128 Å². The van der Waals surface area contributed by atoms with Crippen LogP contribution in [0.4, 0.5) is 0 Å². The van der Waals surface area contributed by atoms with E-state index in [0.717, 1.165) is 17.7 Å². The molecule has 114 valence electrons. The van der Waals surface area contributed by atoms with Gasteiger partial charge in [0.05, 0.1) is 10.8 Å². The molecule has 2 heterocycles. The highest BCUT2D eigenvalue weighted by atomic mass is 32.1. The summed E-state index contributed by atoms with van der Waals surface area (Å²) in [6.45, 7) is 2.81. The lowest BCUT2D eigenvalue weighted by atomic mass is 9.99. The quantitative estimate of drug-likeness (QED) is 0.855. The minimum atomic E-state index is -0.792. The second-order valence-corrected chi connectivity index (χ2v) is 7.39. The summed E-state index contributed by atoms with van der Waals surface area (Å²) >= 11 is 1.62. The van der Waals surface area contributed by atoms with E-state index in [4.69, 9.17) is 0 Å². The predicted octanol–water partition coefficient (Wildman–Crippen LogP) is 2.81. The Bertz CT molecular complexity index is 542. The average molecular weight is 307 g/mol. The van der Waals surface area contributed by atoms with Crippen LogP contribution in [0.3, 0.4) is 0 Å². The van der Waals surface area contributed by atoms with Crippen LogP contribution in [-0.4, -0.2) is 35.0 Å². The zero-order valence-electron chi connectivity index (χ0n) is 12.3. The minimum absolute atomic E-state index is 0.0173. The molecule has 1 N–H and O–H groups in total. The van der Waals surface area contributed by atoms with E-state index < -0.39 is 11.9 Å². The summed E-state index contributed by atoms with van der Waals surface area (Å²) in [6, 6.07) is 2.05. The molecule has 1 saturated heterocycles. The second-order valence-electron chi connectivity index (χ2n) is 6.25. The molecule has 4 nitrogen and oxygen atoms in total. The van der Waals surface area contributed by atoms with Gasteiger partial charge in [-0.25, -0.2) is 0 Å². The zero-order chi connectivity index (χ0) is 15.0. The van der Waals surface area contributed by atoms with E-state index in [1.54, 1.807) is 16.2 Å². The molecule has 1 aromatic heterocycles. The van der Waals surface area contributed by atoms with Crippen LogP contribution in [0.5, 0.6) is 0 Å². The highest BCUT2D eigenvalue weighted by molar-refractivity contribution is 7.14. The Morgan fingerprint density at radius 2 is 2.00 bits per heavy atom. The third-order valence-electron chi connectivity index (χ3n) is 4.67. The van der Waals surface area contributed by atoms with E-state index in [-0.39, 0.29) is 11.8 Å². The molecule has 1 aliphatic heterocycles. The molecule has 3 rings (SSSR count). The first-order valence-corrected chi connectivity index (χ1v) is 8.51. The summed E-state index contributed by atoms with van der Waals surface area (Å²) in [5.74, 6) is -1.17. The number of carbonyl (C=O) groups is 2. The van der Waals surface area contributed by atoms with E-state index in [1.807, 2.05) is 13.0 Å². The van der Waals surface area contributed by atoms with Crippen molar-refractivity contribution in [3.8, 4) is 0 Å². The molecule has 0 spiro atoms. The number of hydrogen-bond donors (Lipinski definition) is 1. The van der Waals surface area contributed by atoms with Crippen LogP contribution in [0.2, 0.25) is 0 Å². The normalized spacial score (nSPS) is 25.5. The highest BCUT2D eigenvalue weighted by Gasteiger charge is 2.37. The summed E-state index contributed by atoms with van der Waals surface area (Å²) < 4.78 is 0. The van der Waals surface area contributed by atoms with E-state index in [0.29, 0.717) is 13.1 Å². The molecular formula is C16H21NO3S. The lowest BCUT2D eigenvalue weighted by molar-refractivity contribution is -0.142. The van der Waals surface area contributed by atoms with Crippen LogP contribution in [0.1, 0.15) is 46.3 Å². The Hall–Kier alpha value is -1.36. The van der Waals surface area contributed by atoms with Gasteiger partial charge in [0.2, 0.25) is 0 Å². The van der Waals surface area contributed by atoms with E-state index >= 15 is 0 Å². The SMILES string of the molecule is CC1CN(C(=O)c2cc3c(s2)CCCCC3)CC1C(=O)O. The standard InChI is InChI=1S/C16H21NO3S/c1-10-8-17(9-12(10)16(19)20)15(18)14-7-11-5-3-2-4-6-13(11)21-14/h7,10,12H,2-6,8-9H2,1H3,(H,19,20). The van der Waals surface area contributed by atoms with Gasteiger partial charge in [0.1, 0.15) is 0 Å². The molecule has 5 heteroatoms. The lowest BCUT2D eigenvalue weighted by Crippen LogP contribution is -2.29. The van der Waals surface area contributed by atoms with Gasteiger partial charge in [-0.2, -0.15) is 0 Å². The fourth-order valence-electron chi connectivity index (χ4n) is 3.38. The van der Waals surface area contributed by atoms with Gasteiger partial charge in [0, 0.05) is 18.0 Å². The van der Waals surface area contributed by atoms with Crippen LogP contribution >= 0.6 is 11.3 Å². The van der Waals surface area contributed by atoms with Gasteiger partial charge >= 0.3 is 5.97 Å². The summed E-state index contributed by atoms with van der Waals surface area (Å²) in [5.41, 5.74) is 1.34. The molecule has 0 radical (unpaired) electrons. The molecule has 2 atom stereocenters. The molecule has 1 amide bonds. The van der Waals surface area contributed by atoms with Crippen molar-refractivity contribution < 1.29 is 14.7 Å². The molecule has 0 saturated carbocycles. The van der Waals surface area contributed by atoms with Crippen molar-refractivity contribution in [3.63, 3.8) is 0 Å². The van der Waals surface area contributed by atoms with E-state index in [2.05, 4.69) is 0 Å². The number of aryl methyl sites for hydroxylation is 2. The fraction of sp³-hybridized carbons (Fsp3) is 0.625. The van der Waals surface area contributed by atoms with Crippen LogP contribution < -0.4 is 0 Å². The molecule has 1 aromatic rings. The smallest absolute Gasteiger partial charge is 0.308 e. The van der Waals surface area contributed by atoms with Crippen LogP contribution in [-0.2, 0) is 17.6 Å². The molecular weight excluding hydrogens is 286 g/mol. The first-order valence-electron chi connectivity index (χ1n) is 7.70. The molecule has 2 aliphatic rings. The predicted molar refractivity (Wildman–Crippen MR) is 81.8 cm³/mol. The first kappa shape index (κ1) is 14.6. The molecule has 0 aromatic carbocycles. The Morgan fingerprint density at radius 1 is 1.24 bits per heavy atom. The third-order valence-corrected chi connectivity index (χ3v) is 5.90. The Balaban J connectivity index is 1.76. The molecule has 1 fully saturated rings. The number of carboxylic acid groups (broad SMARTS) is 1. The van der Waals surface area contributed by atoms with Crippen molar-refractivity contribution in [1.82, 2.24) is 4.90 Å². The molecule has 1 aliphatic carbocycles. The second kappa shape index (κ2) is 5.79. The Morgan fingerprint density at radius 3 is 2.71 bits per heavy atom. The molecule has 0 bridgehead atoms. The van der Waals surface area contributed by atoms with Gasteiger partial charge in [-0.15, -0.1) is 11.3 Å². The first-order chi connectivity index (χ1) is 10.1. The zero-order valence-corrected chi connectivity index (χ0v) is 13.1. The van der Waals surface area contributed by atoms with Gasteiger partial charge in [-0.05, 0) is 43.2 Å². The number of aliphatic carboxylic acids is 1. The van der Waals surface area contributed by atoms with Crippen LogP contribution in [0.15, 0.2) is 6.07 Å². The largest absolute Gasteiger partial charge is 0.481 e. The average Bonchev–Trinajstić information content (AvgIpc) is 2.96. The van der Waals surface area contributed by atoms with E-state index in [9.17, 15) is 14.7 Å². The number of likely N-dealkylation sites (tertiary alicyclic amines) is 1. The number of carboxylic acids is 1. The lowest BCUT2D eigenvalue weighted by Gasteiger charge is -2.14. The van der Waals surface area contributed by atoms with E-state index in [1.165, 1.54) is 29.7 Å². The minimum Gasteiger partial charge on any atom is -0.481 e. The topological polar surface area (TPSA) is 57.6 Å². The maximum Gasteiger partial charge on any atom is 0.308 e. The van der Waals surface area contributed by atoms with Crippen molar-refractivity contribution in [2.24, 2.45) is 11.8 Å². The van der Waals surface area contributed by atoms with Gasteiger partial charge < -0.3 is 10.0 Å². The maximum atomic E-state index is 12.6. The van der Waals surface area contributed by atoms with Crippen molar-refractivity contribution in [3.05, 3.63) is 21.4 Å². The van der Waals surface area contributed by atoms with Gasteiger partial charge in [0.25, 0.3) is 5.91 Å². The van der Waals surface area contributed by atoms with Crippen molar-refractivity contribution in [2.75, 3.05) is 13.1 Å². The number of amides is 1.